The number of amides is 1. The number of sulfonamides is 1. The molecule has 0 spiro atoms. The van der Waals surface area contributed by atoms with E-state index in [2.05, 4.69) is 5.32 Å². The van der Waals surface area contributed by atoms with Gasteiger partial charge in [-0.25, -0.2) is 8.42 Å². The maximum Gasteiger partial charge on any atom is 0.251 e. The molecular weight excluding hydrogens is 336 g/mol. The van der Waals surface area contributed by atoms with Gasteiger partial charge < -0.3 is 5.32 Å². The second-order valence-corrected chi connectivity index (χ2v) is 8.18. The van der Waals surface area contributed by atoms with Gasteiger partial charge in [0.15, 0.2) is 0 Å². The Morgan fingerprint density at radius 1 is 1.08 bits per heavy atom. The third-order valence-corrected chi connectivity index (χ3v) is 6.54. The van der Waals surface area contributed by atoms with Gasteiger partial charge in [0.25, 0.3) is 5.91 Å². The van der Waals surface area contributed by atoms with Crippen LogP contribution in [0.5, 0.6) is 0 Å². The highest BCUT2D eigenvalue weighted by Crippen LogP contribution is 2.36. The molecule has 1 N–H and O–H groups in total. The summed E-state index contributed by atoms with van der Waals surface area (Å²) in [5.41, 5.74) is 2.62. The number of hydrogen-bond acceptors (Lipinski definition) is 3. The molecule has 1 atom stereocenters. The number of hydrogen-bond donors (Lipinski definition) is 1. The van der Waals surface area contributed by atoms with Crippen LogP contribution < -0.4 is 5.32 Å². The van der Waals surface area contributed by atoms with E-state index in [0.717, 1.165) is 24.0 Å². The van der Waals surface area contributed by atoms with Crippen LogP contribution in [0, 0.1) is 6.92 Å². The third kappa shape index (κ3) is 3.45. The van der Waals surface area contributed by atoms with E-state index in [0.29, 0.717) is 12.1 Å². The van der Waals surface area contributed by atoms with Crippen LogP contribution in [0.2, 0.25) is 0 Å². The summed E-state index contributed by atoms with van der Waals surface area (Å²) < 4.78 is 27.7. The molecular formula is C19H22N2O3S. The second kappa shape index (κ2) is 6.98. The van der Waals surface area contributed by atoms with Gasteiger partial charge in [-0.1, -0.05) is 29.8 Å². The maximum atomic E-state index is 13.1. The first-order chi connectivity index (χ1) is 11.9. The molecule has 0 radical (unpaired) electrons. The molecule has 3 rings (SSSR count). The fourth-order valence-electron chi connectivity index (χ4n) is 3.21. The average Bonchev–Trinajstić information content (AvgIpc) is 3.12. The van der Waals surface area contributed by atoms with E-state index in [4.69, 9.17) is 0 Å². The van der Waals surface area contributed by atoms with Crippen molar-refractivity contribution in [3.63, 3.8) is 0 Å². The highest BCUT2D eigenvalue weighted by atomic mass is 32.2. The van der Waals surface area contributed by atoms with E-state index in [1.54, 1.807) is 23.5 Å². The zero-order valence-electron chi connectivity index (χ0n) is 14.4. The Bertz CT molecular complexity index is 859. The molecule has 5 nitrogen and oxygen atoms in total. The van der Waals surface area contributed by atoms with Crippen molar-refractivity contribution in [1.82, 2.24) is 9.62 Å². The molecule has 0 aliphatic carbocycles. The van der Waals surface area contributed by atoms with Crippen LogP contribution in [0.15, 0.2) is 53.4 Å². The Balaban J connectivity index is 1.90. The van der Waals surface area contributed by atoms with Gasteiger partial charge >= 0.3 is 0 Å². The first-order valence-corrected chi connectivity index (χ1v) is 9.78. The molecule has 0 bridgehead atoms. The molecule has 132 valence electrons. The Morgan fingerprint density at radius 3 is 2.32 bits per heavy atom. The van der Waals surface area contributed by atoms with E-state index in [1.807, 2.05) is 31.2 Å². The predicted octanol–water partition coefficient (Wildman–Crippen LogP) is 2.88. The highest BCUT2D eigenvalue weighted by Gasteiger charge is 2.36. The van der Waals surface area contributed by atoms with Crippen LogP contribution in [0.4, 0.5) is 0 Å². The molecule has 6 heteroatoms. The Kier molecular flexibility index (Phi) is 4.92. The van der Waals surface area contributed by atoms with Crippen molar-refractivity contribution in [1.29, 1.82) is 0 Å². The van der Waals surface area contributed by atoms with Gasteiger partial charge in [-0.2, -0.15) is 4.31 Å². The lowest BCUT2D eigenvalue weighted by atomic mass is 10.0. The normalized spacial score (nSPS) is 18.2. The SMILES string of the molecule is CNC(=O)c1ccc(S(=O)(=O)N2CCCC2c2ccc(C)cc2)cc1. The zero-order valence-corrected chi connectivity index (χ0v) is 15.2. The number of benzene rings is 2. The van der Waals surface area contributed by atoms with Crippen LogP contribution in [-0.2, 0) is 10.0 Å². The van der Waals surface area contributed by atoms with Crippen LogP contribution in [0.3, 0.4) is 0 Å². The molecule has 1 unspecified atom stereocenters. The summed E-state index contributed by atoms with van der Waals surface area (Å²) in [6.45, 7) is 2.53. The molecule has 0 saturated carbocycles. The van der Waals surface area contributed by atoms with Crippen molar-refractivity contribution in [3.05, 3.63) is 65.2 Å². The first kappa shape index (κ1) is 17.6. The fourth-order valence-corrected chi connectivity index (χ4v) is 4.89. The highest BCUT2D eigenvalue weighted by molar-refractivity contribution is 7.89. The summed E-state index contributed by atoms with van der Waals surface area (Å²) in [6, 6.07) is 14.0. The molecule has 1 fully saturated rings. The van der Waals surface area contributed by atoms with E-state index in [-0.39, 0.29) is 16.8 Å². The van der Waals surface area contributed by atoms with E-state index in [1.165, 1.54) is 12.1 Å². The lowest BCUT2D eigenvalue weighted by Crippen LogP contribution is -2.30. The van der Waals surface area contributed by atoms with Gasteiger partial charge in [-0.05, 0) is 49.6 Å². The molecule has 1 aliphatic rings. The van der Waals surface area contributed by atoms with Crippen LogP contribution in [0.25, 0.3) is 0 Å². The molecule has 2 aromatic carbocycles. The van der Waals surface area contributed by atoms with Gasteiger partial charge in [-0.3, -0.25) is 4.79 Å². The minimum absolute atomic E-state index is 0.135. The van der Waals surface area contributed by atoms with Crippen LogP contribution in [-0.4, -0.2) is 32.2 Å². The molecule has 2 aromatic rings. The third-order valence-electron chi connectivity index (χ3n) is 4.62. The number of aryl methyl sites for hydroxylation is 1. The van der Waals surface area contributed by atoms with E-state index < -0.39 is 10.0 Å². The minimum atomic E-state index is -3.59. The standard InChI is InChI=1S/C19H22N2O3S/c1-14-5-7-15(8-6-14)18-4-3-13-21(18)25(23,24)17-11-9-16(10-12-17)19(22)20-2/h5-12,18H,3-4,13H2,1-2H3,(H,20,22). The van der Waals surface area contributed by atoms with Crippen molar-refractivity contribution in [2.45, 2.75) is 30.7 Å². The molecule has 1 aliphatic heterocycles. The van der Waals surface area contributed by atoms with E-state index in [9.17, 15) is 13.2 Å². The topological polar surface area (TPSA) is 66.5 Å². The smallest absolute Gasteiger partial charge is 0.251 e. The second-order valence-electron chi connectivity index (χ2n) is 6.29. The number of carbonyl (C=O) groups excluding carboxylic acids is 1. The van der Waals surface area contributed by atoms with Gasteiger partial charge in [0, 0.05) is 19.2 Å². The Morgan fingerprint density at radius 2 is 1.72 bits per heavy atom. The zero-order chi connectivity index (χ0) is 18.0. The van der Waals surface area contributed by atoms with Crippen molar-refractivity contribution in [2.24, 2.45) is 0 Å². The van der Waals surface area contributed by atoms with Crippen LogP contribution in [0.1, 0.15) is 40.4 Å². The summed E-state index contributed by atoms with van der Waals surface area (Å²) in [4.78, 5) is 11.8. The quantitative estimate of drug-likeness (QED) is 0.914. The molecule has 1 saturated heterocycles. The lowest BCUT2D eigenvalue weighted by molar-refractivity contribution is 0.0963. The maximum absolute atomic E-state index is 13.1. The summed E-state index contributed by atoms with van der Waals surface area (Å²) >= 11 is 0. The molecule has 25 heavy (non-hydrogen) atoms. The largest absolute Gasteiger partial charge is 0.355 e. The number of rotatable bonds is 4. The van der Waals surface area contributed by atoms with Crippen molar-refractivity contribution < 1.29 is 13.2 Å². The van der Waals surface area contributed by atoms with Crippen molar-refractivity contribution in [3.8, 4) is 0 Å². The Hall–Kier alpha value is -2.18. The van der Waals surface area contributed by atoms with Gasteiger partial charge in [0.2, 0.25) is 10.0 Å². The fraction of sp³-hybridized carbons (Fsp3) is 0.316. The summed E-state index contributed by atoms with van der Waals surface area (Å²) in [7, 11) is -2.05. The number of nitrogens with zero attached hydrogens (tertiary/aromatic N) is 1. The first-order valence-electron chi connectivity index (χ1n) is 8.34. The van der Waals surface area contributed by atoms with Gasteiger partial charge in [-0.15, -0.1) is 0 Å². The predicted molar refractivity (Wildman–Crippen MR) is 96.9 cm³/mol. The average molecular weight is 358 g/mol. The molecule has 1 amide bonds. The lowest BCUT2D eigenvalue weighted by Gasteiger charge is -2.24. The molecule has 1 heterocycles. The monoisotopic (exact) mass is 358 g/mol. The number of carbonyl (C=O) groups is 1. The summed E-state index contributed by atoms with van der Waals surface area (Å²) in [5, 5.41) is 2.53. The summed E-state index contributed by atoms with van der Waals surface area (Å²) in [5.74, 6) is -0.234. The Labute approximate surface area is 148 Å². The van der Waals surface area contributed by atoms with Gasteiger partial charge in [0.05, 0.1) is 10.9 Å². The van der Waals surface area contributed by atoms with Crippen LogP contribution >= 0.6 is 0 Å². The van der Waals surface area contributed by atoms with Gasteiger partial charge in [0.1, 0.15) is 0 Å². The minimum Gasteiger partial charge on any atom is -0.355 e. The van der Waals surface area contributed by atoms with Crippen molar-refractivity contribution in [2.75, 3.05) is 13.6 Å². The molecule has 0 aromatic heterocycles. The number of nitrogens with one attached hydrogen (secondary N) is 1. The van der Waals surface area contributed by atoms with Crippen molar-refractivity contribution >= 4 is 15.9 Å². The van der Waals surface area contributed by atoms with E-state index >= 15 is 0 Å². The summed E-state index contributed by atoms with van der Waals surface area (Å²) in [6.07, 6.45) is 1.66.